The lowest BCUT2D eigenvalue weighted by Gasteiger charge is -2.18. The number of nitrogens with zero attached hydrogens (tertiary/aromatic N) is 1. The summed E-state index contributed by atoms with van der Waals surface area (Å²) in [5, 5.41) is 0. The maximum atomic E-state index is 11.9. The number of hydrogen-bond donors (Lipinski definition) is 0. The van der Waals surface area contributed by atoms with Gasteiger partial charge in [-0.2, -0.15) is 0 Å². The fourth-order valence-corrected chi connectivity index (χ4v) is 2.16. The van der Waals surface area contributed by atoms with Gasteiger partial charge in [-0.25, -0.2) is 0 Å². The van der Waals surface area contributed by atoms with Crippen molar-refractivity contribution in [2.24, 2.45) is 0 Å². The standard InChI is InChI=1S/C17H25NO/c1-4-18(5-2)17(19)13-9-10-15(3)14-16-11-7-6-8-12-16/h6-8,11-12,14H,4-5,9-10,13H2,1-3H3/b15-14-. The molecule has 2 heteroatoms. The summed E-state index contributed by atoms with van der Waals surface area (Å²) in [5.74, 6) is 0.275. The smallest absolute Gasteiger partial charge is 0.222 e. The third-order valence-corrected chi connectivity index (χ3v) is 3.29. The monoisotopic (exact) mass is 259 g/mol. The summed E-state index contributed by atoms with van der Waals surface area (Å²) in [6, 6.07) is 10.3. The SMILES string of the molecule is CCN(CC)C(=O)CCC/C(C)=C\c1ccccc1. The third kappa shape index (κ3) is 5.73. The molecule has 0 bridgehead atoms. The maximum Gasteiger partial charge on any atom is 0.222 e. The van der Waals surface area contributed by atoms with Crippen molar-refractivity contribution in [2.45, 2.75) is 40.0 Å². The minimum atomic E-state index is 0.275. The molecular weight excluding hydrogens is 234 g/mol. The fourth-order valence-electron chi connectivity index (χ4n) is 2.16. The van der Waals surface area contributed by atoms with E-state index in [2.05, 4.69) is 25.1 Å². The van der Waals surface area contributed by atoms with E-state index in [1.54, 1.807) is 0 Å². The van der Waals surface area contributed by atoms with E-state index in [4.69, 9.17) is 0 Å². The van der Waals surface area contributed by atoms with Gasteiger partial charge in [0.2, 0.25) is 5.91 Å². The van der Waals surface area contributed by atoms with Crippen molar-refractivity contribution in [1.82, 2.24) is 4.90 Å². The summed E-state index contributed by atoms with van der Waals surface area (Å²) in [6.45, 7) is 7.82. The molecule has 104 valence electrons. The van der Waals surface area contributed by atoms with Crippen LogP contribution in [0.5, 0.6) is 0 Å². The van der Waals surface area contributed by atoms with Gasteiger partial charge >= 0.3 is 0 Å². The molecule has 19 heavy (non-hydrogen) atoms. The van der Waals surface area contributed by atoms with E-state index < -0.39 is 0 Å². The first-order valence-electron chi connectivity index (χ1n) is 7.17. The zero-order valence-electron chi connectivity index (χ0n) is 12.4. The molecule has 0 aliphatic rings. The summed E-state index contributed by atoms with van der Waals surface area (Å²) in [6.07, 6.45) is 4.77. The molecule has 0 heterocycles. The van der Waals surface area contributed by atoms with Crippen LogP contribution in [-0.2, 0) is 4.79 Å². The van der Waals surface area contributed by atoms with Crippen LogP contribution in [0.3, 0.4) is 0 Å². The molecule has 0 spiro atoms. The normalized spacial score (nSPS) is 11.4. The molecule has 0 aliphatic heterocycles. The number of rotatable bonds is 7. The Labute approximate surface area is 117 Å². The molecule has 0 fully saturated rings. The molecule has 1 rings (SSSR count). The van der Waals surface area contributed by atoms with Gasteiger partial charge in [0.25, 0.3) is 0 Å². The molecule has 0 radical (unpaired) electrons. The zero-order chi connectivity index (χ0) is 14.1. The summed E-state index contributed by atoms with van der Waals surface area (Å²) in [4.78, 5) is 13.8. The van der Waals surface area contributed by atoms with Crippen molar-refractivity contribution in [3.05, 3.63) is 41.5 Å². The molecule has 0 saturated heterocycles. The predicted octanol–water partition coefficient (Wildman–Crippen LogP) is 4.13. The van der Waals surface area contributed by atoms with E-state index >= 15 is 0 Å². The van der Waals surface area contributed by atoms with Crippen LogP contribution in [0.15, 0.2) is 35.9 Å². The summed E-state index contributed by atoms with van der Waals surface area (Å²) in [7, 11) is 0. The lowest BCUT2D eigenvalue weighted by atomic mass is 10.1. The highest BCUT2D eigenvalue weighted by molar-refractivity contribution is 5.76. The lowest BCUT2D eigenvalue weighted by Crippen LogP contribution is -2.30. The van der Waals surface area contributed by atoms with Gasteiger partial charge in [-0.1, -0.05) is 42.0 Å². The highest BCUT2D eigenvalue weighted by Gasteiger charge is 2.08. The Kier molecular flexibility index (Phi) is 6.94. The van der Waals surface area contributed by atoms with E-state index in [-0.39, 0.29) is 5.91 Å². The molecule has 0 aromatic heterocycles. The Morgan fingerprint density at radius 3 is 2.32 bits per heavy atom. The minimum Gasteiger partial charge on any atom is -0.343 e. The van der Waals surface area contributed by atoms with E-state index in [0.29, 0.717) is 6.42 Å². The van der Waals surface area contributed by atoms with Crippen molar-refractivity contribution in [2.75, 3.05) is 13.1 Å². The summed E-state index contributed by atoms with van der Waals surface area (Å²) in [5.41, 5.74) is 2.56. The van der Waals surface area contributed by atoms with Crippen LogP contribution < -0.4 is 0 Å². The predicted molar refractivity (Wildman–Crippen MR) is 81.9 cm³/mol. The van der Waals surface area contributed by atoms with Crippen molar-refractivity contribution in [3.63, 3.8) is 0 Å². The molecule has 0 saturated carbocycles. The van der Waals surface area contributed by atoms with Gasteiger partial charge < -0.3 is 4.90 Å². The van der Waals surface area contributed by atoms with Gasteiger partial charge in [-0.3, -0.25) is 4.79 Å². The average molecular weight is 259 g/mol. The molecule has 1 aromatic rings. The highest BCUT2D eigenvalue weighted by Crippen LogP contribution is 2.12. The zero-order valence-corrected chi connectivity index (χ0v) is 12.4. The van der Waals surface area contributed by atoms with Crippen molar-refractivity contribution >= 4 is 12.0 Å². The van der Waals surface area contributed by atoms with E-state index in [1.807, 2.05) is 36.9 Å². The number of allylic oxidation sites excluding steroid dienone is 1. The highest BCUT2D eigenvalue weighted by atomic mass is 16.2. The average Bonchev–Trinajstić information content (AvgIpc) is 2.41. The Balaban J connectivity index is 2.37. The number of carbonyl (C=O) groups is 1. The quantitative estimate of drug-likeness (QED) is 0.721. The first-order chi connectivity index (χ1) is 9.17. The second-order valence-corrected chi connectivity index (χ2v) is 4.82. The van der Waals surface area contributed by atoms with Crippen LogP contribution in [0.4, 0.5) is 0 Å². The first-order valence-corrected chi connectivity index (χ1v) is 7.17. The van der Waals surface area contributed by atoms with Gasteiger partial charge in [0.1, 0.15) is 0 Å². The molecular formula is C17H25NO. The number of benzene rings is 1. The Morgan fingerprint density at radius 1 is 1.11 bits per heavy atom. The van der Waals surface area contributed by atoms with Gasteiger partial charge in [0.05, 0.1) is 0 Å². The molecule has 2 nitrogen and oxygen atoms in total. The van der Waals surface area contributed by atoms with Gasteiger partial charge in [-0.15, -0.1) is 0 Å². The fraction of sp³-hybridized carbons (Fsp3) is 0.471. The third-order valence-electron chi connectivity index (χ3n) is 3.29. The van der Waals surface area contributed by atoms with Crippen molar-refractivity contribution in [1.29, 1.82) is 0 Å². The lowest BCUT2D eigenvalue weighted by molar-refractivity contribution is -0.130. The van der Waals surface area contributed by atoms with Gasteiger partial charge in [-0.05, 0) is 39.2 Å². The van der Waals surface area contributed by atoms with Crippen LogP contribution in [0.25, 0.3) is 6.08 Å². The number of hydrogen-bond acceptors (Lipinski definition) is 1. The second-order valence-electron chi connectivity index (χ2n) is 4.82. The number of amides is 1. The first kappa shape index (κ1) is 15.5. The molecule has 1 aromatic carbocycles. The Morgan fingerprint density at radius 2 is 1.74 bits per heavy atom. The molecule has 1 amide bonds. The van der Waals surface area contributed by atoms with Crippen LogP contribution in [0.2, 0.25) is 0 Å². The topological polar surface area (TPSA) is 20.3 Å². The Bertz CT molecular complexity index is 405. The van der Waals surface area contributed by atoms with Crippen LogP contribution in [-0.4, -0.2) is 23.9 Å². The molecule has 0 N–H and O–H groups in total. The van der Waals surface area contributed by atoms with Gasteiger partial charge in [0, 0.05) is 19.5 Å². The van der Waals surface area contributed by atoms with Crippen LogP contribution in [0, 0.1) is 0 Å². The van der Waals surface area contributed by atoms with E-state index in [1.165, 1.54) is 11.1 Å². The summed E-state index contributed by atoms with van der Waals surface area (Å²) >= 11 is 0. The maximum absolute atomic E-state index is 11.9. The van der Waals surface area contributed by atoms with Crippen molar-refractivity contribution < 1.29 is 4.79 Å². The molecule has 0 atom stereocenters. The Hall–Kier alpha value is -1.57. The summed E-state index contributed by atoms with van der Waals surface area (Å²) < 4.78 is 0. The van der Waals surface area contributed by atoms with E-state index in [0.717, 1.165) is 25.9 Å². The number of carbonyl (C=O) groups excluding carboxylic acids is 1. The van der Waals surface area contributed by atoms with Crippen LogP contribution in [0.1, 0.15) is 45.6 Å². The second kappa shape index (κ2) is 8.52. The molecule has 0 aliphatic carbocycles. The molecule has 0 unspecified atom stereocenters. The van der Waals surface area contributed by atoms with Crippen molar-refractivity contribution in [3.8, 4) is 0 Å². The minimum absolute atomic E-state index is 0.275. The van der Waals surface area contributed by atoms with E-state index in [9.17, 15) is 4.79 Å². The van der Waals surface area contributed by atoms with Gasteiger partial charge in [0.15, 0.2) is 0 Å². The largest absolute Gasteiger partial charge is 0.343 e. The van der Waals surface area contributed by atoms with Crippen LogP contribution >= 0.6 is 0 Å².